The molecule has 0 heterocycles. The van der Waals surface area contributed by atoms with Gasteiger partial charge in [0.05, 0.1) is 6.54 Å². The van der Waals surface area contributed by atoms with Gasteiger partial charge in [0.25, 0.3) is 0 Å². The van der Waals surface area contributed by atoms with E-state index in [0.29, 0.717) is 18.2 Å². The molecule has 2 aromatic rings. The zero-order valence-electron chi connectivity index (χ0n) is 13.8. The predicted molar refractivity (Wildman–Crippen MR) is 94.4 cm³/mol. The highest BCUT2D eigenvalue weighted by atomic mass is 19.1. The van der Waals surface area contributed by atoms with Gasteiger partial charge in [-0.2, -0.15) is 0 Å². The van der Waals surface area contributed by atoms with Gasteiger partial charge < -0.3 is 16.0 Å². The molecule has 5 nitrogen and oxygen atoms in total. The van der Waals surface area contributed by atoms with Crippen LogP contribution in [0.2, 0.25) is 0 Å². The molecule has 3 N–H and O–H groups in total. The van der Waals surface area contributed by atoms with Crippen LogP contribution in [0.15, 0.2) is 53.5 Å². The highest BCUT2D eigenvalue weighted by Gasteiger charge is 2.04. The molecule has 0 atom stereocenters. The number of hydrogen-bond acceptors (Lipinski definition) is 2. The van der Waals surface area contributed by atoms with Crippen molar-refractivity contribution in [3.05, 3.63) is 65.5 Å². The molecule has 0 aliphatic carbocycles. The van der Waals surface area contributed by atoms with Gasteiger partial charge in [-0.1, -0.05) is 29.8 Å². The average molecular weight is 328 g/mol. The highest BCUT2D eigenvalue weighted by Crippen LogP contribution is 2.07. The highest BCUT2D eigenvalue weighted by molar-refractivity contribution is 5.94. The lowest BCUT2D eigenvalue weighted by Gasteiger charge is -2.12. The normalized spacial score (nSPS) is 11.0. The maximum atomic E-state index is 12.8. The SMILES string of the molecule is CN=C(NCC(=O)Nc1ccc(F)cc1)NCc1ccc(C)cc1. The van der Waals surface area contributed by atoms with E-state index in [0.717, 1.165) is 5.56 Å². The molecule has 0 radical (unpaired) electrons. The van der Waals surface area contributed by atoms with Crippen LogP contribution < -0.4 is 16.0 Å². The zero-order chi connectivity index (χ0) is 17.4. The van der Waals surface area contributed by atoms with Gasteiger partial charge in [-0.3, -0.25) is 9.79 Å². The van der Waals surface area contributed by atoms with E-state index < -0.39 is 0 Å². The number of nitrogens with one attached hydrogen (secondary N) is 3. The second-order valence-corrected chi connectivity index (χ2v) is 5.32. The Balaban J connectivity index is 1.77. The number of amides is 1. The lowest BCUT2D eigenvalue weighted by atomic mass is 10.1. The maximum absolute atomic E-state index is 12.8. The summed E-state index contributed by atoms with van der Waals surface area (Å²) in [7, 11) is 1.64. The molecule has 0 aliphatic heterocycles. The summed E-state index contributed by atoms with van der Waals surface area (Å²) in [6.45, 7) is 2.71. The number of benzene rings is 2. The van der Waals surface area contributed by atoms with Crippen molar-refractivity contribution in [3.8, 4) is 0 Å². The van der Waals surface area contributed by atoms with Crippen LogP contribution in [0.5, 0.6) is 0 Å². The van der Waals surface area contributed by atoms with Crippen molar-refractivity contribution >= 4 is 17.6 Å². The summed E-state index contributed by atoms with van der Waals surface area (Å²) in [4.78, 5) is 16.0. The second-order valence-electron chi connectivity index (χ2n) is 5.32. The van der Waals surface area contributed by atoms with Crippen LogP contribution in [0.3, 0.4) is 0 Å². The molecule has 0 bridgehead atoms. The van der Waals surface area contributed by atoms with Crippen LogP contribution in [-0.4, -0.2) is 25.5 Å². The van der Waals surface area contributed by atoms with Crippen LogP contribution in [0.25, 0.3) is 0 Å². The van der Waals surface area contributed by atoms with E-state index >= 15 is 0 Å². The molecule has 0 saturated heterocycles. The fourth-order valence-electron chi connectivity index (χ4n) is 2.01. The molecule has 0 aromatic heterocycles. The van der Waals surface area contributed by atoms with Crippen LogP contribution in [0.1, 0.15) is 11.1 Å². The Hall–Kier alpha value is -2.89. The van der Waals surface area contributed by atoms with Gasteiger partial charge in [0.2, 0.25) is 5.91 Å². The van der Waals surface area contributed by atoms with Crippen molar-refractivity contribution in [2.45, 2.75) is 13.5 Å². The summed E-state index contributed by atoms with van der Waals surface area (Å²) in [6, 6.07) is 13.8. The fraction of sp³-hybridized carbons (Fsp3) is 0.222. The Morgan fingerprint density at radius 1 is 1.04 bits per heavy atom. The van der Waals surface area contributed by atoms with Gasteiger partial charge in [0.1, 0.15) is 5.82 Å². The Bertz CT molecular complexity index is 696. The molecule has 0 aliphatic rings. The maximum Gasteiger partial charge on any atom is 0.243 e. The number of aliphatic imine (C=N–C) groups is 1. The Kier molecular flexibility index (Phi) is 6.31. The van der Waals surface area contributed by atoms with Crippen LogP contribution in [0, 0.1) is 12.7 Å². The standard InChI is InChI=1S/C18H21FN4O/c1-13-3-5-14(6-4-13)11-21-18(20-2)22-12-17(24)23-16-9-7-15(19)8-10-16/h3-10H,11-12H2,1-2H3,(H,23,24)(H2,20,21,22). The topological polar surface area (TPSA) is 65.5 Å². The first-order valence-corrected chi connectivity index (χ1v) is 7.62. The number of aryl methyl sites for hydroxylation is 1. The number of guanidine groups is 1. The number of halogens is 1. The fourth-order valence-corrected chi connectivity index (χ4v) is 2.01. The molecule has 0 unspecified atom stereocenters. The summed E-state index contributed by atoms with van der Waals surface area (Å²) in [5, 5.41) is 8.75. The first kappa shape index (κ1) is 17.5. The molecule has 2 rings (SSSR count). The predicted octanol–water partition coefficient (Wildman–Crippen LogP) is 2.44. The summed E-state index contributed by atoms with van der Waals surface area (Å²) in [6.07, 6.45) is 0. The van der Waals surface area contributed by atoms with Gasteiger partial charge in [0, 0.05) is 19.3 Å². The minimum Gasteiger partial charge on any atom is -0.352 e. The first-order chi connectivity index (χ1) is 11.6. The number of rotatable bonds is 5. The van der Waals surface area contributed by atoms with Gasteiger partial charge in [-0.25, -0.2) is 4.39 Å². The molecular formula is C18H21FN4O. The molecule has 0 spiro atoms. The second kappa shape index (κ2) is 8.67. The zero-order valence-corrected chi connectivity index (χ0v) is 13.8. The number of carbonyl (C=O) groups excluding carboxylic acids is 1. The van der Waals surface area contributed by atoms with Crippen molar-refractivity contribution in [2.24, 2.45) is 4.99 Å². The third-order valence-electron chi connectivity index (χ3n) is 3.35. The molecule has 0 saturated carbocycles. The Morgan fingerprint density at radius 3 is 2.33 bits per heavy atom. The third-order valence-corrected chi connectivity index (χ3v) is 3.35. The molecular weight excluding hydrogens is 307 g/mol. The lowest BCUT2D eigenvalue weighted by molar-refractivity contribution is -0.115. The molecule has 1 amide bonds. The minimum absolute atomic E-state index is 0.0605. The number of carbonyl (C=O) groups is 1. The van der Waals surface area contributed by atoms with Crippen LogP contribution >= 0.6 is 0 Å². The molecule has 0 fully saturated rings. The number of anilines is 1. The Labute approximate surface area is 141 Å². The van der Waals surface area contributed by atoms with E-state index in [-0.39, 0.29) is 18.3 Å². The average Bonchev–Trinajstić information content (AvgIpc) is 2.58. The summed E-state index contributed by atoms with van der Waals surface area (Å²) in [5.74, 6) is -0.0449. The van der Waals surface area contributed by atoms with E-state index in [1.54, 1.807) is 7.05 Å². The van der Waals surface area contributed by atoms with E-state index in [4.69, 9.17) is 0 Å². The van der Waals surface area contributed by atoms with Gasteiger partial charge in [-0.15, -0.1) is 0 Å². The van der Waals surface area contributed by atoms with E-state index in [2.05, 4.69) is 20.9 Å². The van der Waals surface area contributed by atoms with Crippen molar-refractivity contribution in [1.82, 2.24) is 10.6 Å². The van der Waals surface area contributed by atoms with Crippen molar-refractivity contribution < 1.29 is 9.18 Å². The summed E-state index contributed by atoms with van der Waals surface area (Å²) < 4.78 is 12.8. The molecule has 6 heteroatoms. The van der Waals surface area contributed by atoms with Gasteiger partial charge >= 0.3 is 0 Å². The van der Waals surface area contributed by atoms with E-state index in [9.17, 15) is 9.18 Å². The monoisotopic (exact) mass is 328 g/mol. The number of nitrogens with zero attached hydrogens (tertiary/aromatic N) is 1. The Morgan fingerprint density at radius 2 is 1.71 bits per heavy atom. The van der Waals surface area contributed by atoms with Crippen molar-refractivity contribution in [2.75, 3.05) is 18.9 Å². The van der Waals surface area contributed by atoms with Crippen molar-refractivity contribution in [3.63, 3.8) is 0 Å². The molecule has 2 aromatic carbocycles. The molecule has 126 valence electrons. The minimum atomic E-state index is -0.341. The summed E-state index contributed by atoms with van der Waals surface area (Å²) >= 11 is 0. The smallest absolute Gasteiger partial charge is 0.243 e. The van der Waals surface area contributed by atoms with E-state index in [1.165, 1.54) is 29.8 Å². The van der Waals surface area contributed by atoms with Crippen LogP contribution in [0.4, 0.5) is 10.1 Å². The summed E-state index contributed by atoms with van der Waals surface area (Å²) in [5.41, 5.74) is 2.88. The van der Waals surface area contributed by atoms with Gasteiger partial charge in [0.15, 0.2) is 5.96 Å². The van der Waals surface area contributed by atoms with Gasteiger partial charge in [-0.05, 0) is 36.8 Å². The first-order valence-electron chi connectivity index (χ1n) is 7.62. The van der Waals surface area contributed by atoms with E-state index in [1.807, 2.05) is 31.2 Å². The molecule has 24 heavy (non-hydrogen) atoms. The lowest BCUT2D eigenvalue weighted by Crippen LogP contribution is -2.41. The number of hydrogen-bond donors (Lipinski definition) is 3. The quantitative estimate of drug-likeness (QED) is 0.583. The third kappa shape index (κ3) is 5.72. The van der Waals surface area contributed by atoms with Crippen LogP contribution in [-0.2, 0) is 11.3 Å². The van der Waals surface area contributed by atoms with Crippen molar-refractivity contribution in [1.29, 1.82) is 0 Å². The largest absolute Gasteiger partial charge is 0.352 e.